The molecule has 0 spiro atoms. The average Bonchev–Trinajstić information content (AvgIpc) is 2.66. The second-order valence-electron chi connectivity index (χ2n) is 6.66. The molecule has 1 saturated heterocycles. The Morgan fingerprint density at radius 2 is 1.89 bits per heavy atom. The summed E-state index contributed by atoms with van der Waals surface area (Å²) < 4.78 is 15.9. The molecule has 1 rings (SSSR count). The highest BCUT2D eigenvalue weighted by molar-refractivity contribution is 5.76. The molecule has 164 valence electrons. The van der Waals surface area contributed by atoms with Gasteiger partial charge in [-0.25, -0.2) is 0 Å². The summed E-state index contributed by atoms with van der Waals surface area (Å²) in [6.45, 7) is 0.923. The van der Waals surface area contributed by atoms with Crippen molar-refractivity contribution in [3.8, 4) is 0 Å². The highest BCUT2D eigenvalue weighted by atomic mass is 16.7. The van der Waals surface area contributed by atoms with Gasteiger partial charge in [-0.05, 0) is 12.8 Å². The third-order valence-electron chi connectivity index (χ3n) is 4.28. The average molecular weight is 408 g/mol. The zero-order valence-corrected chi connectivity index (χ0v) is 16.2. The van der Waals surface area contributed by atoms with Gasteiger partial charge >= 0.3 is 0 Å². The second kappa shape index (κ2) is 13.0. The zero-order chi connectivity index (χ0) is 21.1. The van der Waals surface area contributed by atoms with Crippen molar-refractivity contribution in [2.45, 2.75) is 62.9 Å². The molecule has 11 nitrogen and oxygen atoms in total. The number of hydrogen-bond acceptors (Lipinski definition) is 9. The number of nitrogens with one attached hydrogen (secondary N) is 2. The standard InChI is InChI=1S/C17H32N2O9/c1-10(22)18-14-16(25)15(24)12(8-21)28-17(14)27-6-4-3-5-13(23)19-11(7-20)9-26-2/h11-12,14-17,20-21,24-25H,3-9H2,1-2H3,(H,18,22)(H,19,23). The van der Waals surface area contributed by atoms with Crippen molar-refractivity contribution < 1.29 is 44.2 Å². The van der Waals surface area contributed by atoms with Crippen LogP contribution >= 0.6 is 0 Å². The van der Waals surface area contributed by atoms with Crippen LogP contribution in [-0.2, 0) is 23.8 Å². The normalized spacial score (nSPS) is 28.6. The molecule has 6 unspecified atom stereocenters. The highest BCUT2D eigenvalue weighted by Gasteiger charge is 2.45. The van der Waals surface area contributed by atoms with Gasteiger partial charge in [0.15, 0.2) is 6.29 Å². The topological polar surface area (TPSA) is 167 Å². The van der Waals surface area contributed by atoms with E-state index < -0.39 is 49.2 Å². The van der Waals surface area contributed by atoms with E-state index in [1.54, 1.807) is 0 Å². The molecule has 6 N–H and O–H groups in total. The summed E-state index contributed by atoms with van der Waals surface area (Å²) in [6, 6.07) is -1.44. The number of aliphatic hydroxyl groups excluding tert-OH is 4. The van der Waals surface area contributed by atoms with Crippen LogP contribution in [0, 0.1) is 0 Å². The van der Waals surface area contributed by atoms with Crippen LogP contribution < -0.4 is 10.6 Å². The van der Waals surface area contributed by atoms with Crippen LogP contribution in [0.4, 0.5) is 0 Å². The molecule has 0 saturated carbocycles. The Morgan fingerprint density at radius 1 is 1.18 bits per heavy atom. The van der Waals surface area contributed by atoms with E-state index in [1.165, 1.54) is 14.0 Å². The number of rotatable bonds is 12. The van der Waals surface area contributed by atoms with Crippen molar-refractivity contribution in [2.24, 2.45) is 0 Å². The van der Waals surface area contributed by atoms with E-state index in [0.29, 0.717) is 12.8 Å². The lowest BCUT2D eigenvalue weighted by molar-refractivity contribution is -0.270. The summed E-state index contributed by atoms with van der Waals surface area (Å²) in [5.74, 6) is -0.651. The summed E-state index contributed by atoms with van der Waals surface area (Å²) in [5.41, 5.74) is 0. The van der Waals surface area contributed by atoms with Crippen LogP contribution in [0.25, 0.3) is 0 Å². The first-order valence-electron chi connectivity index (χ1n) is 9.24. The molecule has 0 aromatic rings. The number of carbonyl (C=O) groups is 2. The van der Waals surface area contributed by atoms with Crippen molar-refractivity contribution in [2.75, 3.05) is 33.5 Å². The molecular formula is C17H32N2O9. The monoisotopic (exact) mass is 408 g/mol. The van der Waals surface area contributed by atoms with Gasteiger partial charge in [0.2, 0.25) is 11.8 Å². The van der Waals surface area contributed by atoms with Crippen LogP contribution in [0.5, 0.6) is 0 Å². The molecule has 0 radical (unpaired) electrons. The number of unbranched alkanes of at least 4 members (excludes halogenated alkanes) is 1. The van der Waals surface area contributed by atoms with Gasteiger partial charge in [0.05, 0.1) is 25.9 Å². The van der Waals surface area contributed by atoms with Gasteiger partial charge in [-0.2, -0.15) is 0 Å². The van der Waals surface area contributed by atoms with Crippen molar-refractivity contribution in [3.63, 3.8) is 0 Å². The fraction of sp³-hybridized carbons (Fsp3) is 0.882. The Kier molecular flexibility index (Phi) is 11.5. The fourth-order valence-corrected chi connectivity index (χ4v) is 2.84. The smallest absolute Gasteiger partial charge is 0.220 e. The number of carbonyl (C=O) groups excluding carboxylic acids is 2. The third-order valence-corrected chi connectivity index (χ3v) is 4.28. The molecule has 1 aliphatic heterocycles. The molecule has 1 heterocycles. The minimum Gasteiger partial charge on any atom is -0.394 e. The van der Waals surface area contributed by atoms with Crippen molar-refractivity contribution in [3.05, 3.63) is 0 Å². The lowest BCUT2D eigenvalue weighted by Crippen LogP contribution is -2.64. The van der Waals surface area contributed by atoms with Crippen molar-refractivity contribution >= 4 is 11.8 Å². The van der Waals surface area contributed by atoms with E-state index >= 15 is 0 Å². The van der Waals surface area contributed by atoms with Crippen LogP contribution in [-0.4, -0.2) is 102 Å². The predicted molar refractivity (Wildman–Crippen MR) is 96.1 cm³/mol. The minimum absolute atomic E-state index is 0.177. The molecule has 28 heavy (non-hydrogen) atoms. The van der Waals surface area contributed by atoms with Gasteiger partial charge in [0, 0.05) is 27.1 Å². The van der Waals surface area contributed by atoms with Crippen molar-refractivity contribution in [1.29, 1.82) is 0 Å². The molecule has 11 heteroatoms. The number of ether oxygens (including phenoxy) is 3. The summed E-state index contributed by atoms with van der Waals surface area (Å²) in [6.07, 6.45) is -3.58. The van der Waals surface area contributed by atoms with Crippen LogP contribution in [0.15, 0.2) is 0 Å². The lowest BCUT2D eigenvalue weighted by atomic mass is 9.97. The summed E-state index contributed by atoms with van der Waals surface area (Å²) in [7, 11) is 1.48. The summed E-state index contributed by atoms with van der Waals surface area (Å²) in [5, 5.41) is 43.6. The molecule has 1 fully saturated rings. The largest absolute Gasteiger partial charge is 0.394 e. The van der Waals surface area contributed by atoms with E-state index in [1.807, 2.05) is 0 Å². The Hall–Kier alpha value is -1.34. The first kappa shape index (κ1) is 24.7. The maximum Gasteiger partial charge on any atom is 0.220 e. The van der Waals surface area contributed by atoms with Gasteiger partial charge < -0.3 is 45.3 Å². The number of hydrogen-bond donors (Lipinski definition) is 6. The number of amides is 2. The molecule has 6 atom stereocenters. The predicted octanol–water partition coefficient (Wildman–Crippen LogP) is -2.76. The minimum atomic E-state index is -1.36. The highest BCUT2D eigenvalue weighted by Crippen LogP contribution is 2.22. The van der Waals surface area contributed by atoms with E-state index in [4.69, 9.17) is 19.3 Å². The Bertz CT molecular complexity index is 480. The van der Waals surface area contributed by atoms with E-state index in [2.05, 4.69) is 10.6 Å². The SMILES string of the molecule is COCC(CO)NC(=O)CCCCOC1OC(CO)C(O)C(O)C1NC(C)=O. The molecular weight excluding hydrogens is 376 g/mol. The molecule has 0 aliphatic carbocycles. The second-order valence-corrected chi connectivity index (χ2v) is 6.66. The van der Waals surface area contributed by atoms with Crippen molar-refractivity contribution in [1.82, 2.24) is 10.6 Å². The van der Waals surface area contributed by atoms with Crippen LogP contribution in [0.3, 0.4) is 0 Å². The third kappa shape index (κ3) is 7.95. The summed E-state index contributed by atoms with van der Waals surface area (Å²) >= 11 is 0. The molecule has 0 aromatic heterocycles. The first-order valence-corrected chi connectivity index (χ1v) is 9.24. The maximum absolute atomic E-state index is 11.8. The molecule has 0 aromatic carbocycles. The van der Waals surface area contributed by atoms with E-state index in [-0.39, 0.29) is 32.1 Å². The Morgan fingerprint density at radius 3 is 2.46 bits per heavy atom. The zero-order valence-electron chi connectivity index (χ0n) is 16.2. The Balaban J connectivity index is 2.42. The van der Waals surface area contributed by atoms with Crippen LogP contribution in [0.1, 0.15) is 26.2 Å². The van der Waals surface area contributed by atoms with Gasteiger partial charge in [-0.15, -0.1) is 0 Å². The van der Waals surface area contributed by atoms with Gasteiger partial charge in [-0.3, -0.25) is 9.59 Å². The molecule has 2 amide bonds. The van der Waals surface area contributed by atoms with Gasteiger partial charge in [-0.1, -0.05) is 0 Å². The molecule has 1 aliphatic rings. The first-order chi connectivity index (χ1) is 13.3. The molecule has 0 bridgehead atoms. The maximum atomic E-state index is 11.8. The number of aliphatic hydroxyl groups is 4. The van der Waals surface area contributed by atoms with Gasteiger partial charge in [0.1, 0.15) is 24.4 Å². The fourth-order valence-electron chi connectivity index (χ4n) is 2.84. The quantitative estimate of drug-likeness (QED) is 0.187. The lowest BCUT2D eigenvalue weighted by Gasteiger charge is -2.42. The van der Waals surface area contributed by atoms with E-state index in [0.717, 1.165) is 0 Å². The summed E-state index contributed by atoms with van der Waals surface area (Å²) in [4.78, 5) is 23.1. The van der Waals surface area contributed by atoms with Crippen LogP contribution in [0.2, 0.25) is 0 Å². The Labute approximate surface area is 164 Å². The van der Waals surface area contributed by atoms with Gasteiger partial charge in [0.25, 0.3) is 0 Å². The van der Waals surface area contributed by atoms with E-state index in [9.17, 15) is 24.9 Å². The number of methoxy groups -OCH3 is 1.